The number of benzene rings is 2. The molecule has 0 saturated carbocycles. The lowest BCUT2D eigenvalue weighted by Gasteiger charge is -2.20. The molecule has 2 heterocycles. The minimum atomic E-state index is -0.522. The van der Waals surface area contributed by atoms with Crippen molar-refractivity contribution in [2.24, 2.45) is 0 Å². The predicted molar refractivity (Wildman–Crippen MR) is 99.7 cm³/mol. The van der Waals surface area contributed by atoms with Gasteiger partial charge in [-0.2, -0.15) is 0 Å². The second-order valence-corrected chi connectivity index (χ2v) is 6.64. The largest absolute Gasteiger partial charge is 0.366 e. The summed E-state index contributed by atoms with van der Waals surface area (Å²) in [6.45, 7) is 1.31. The first kappa shape index (κ1) is 17.8. The molecule has 1 fully saturated rings. The van der Waals surface area contributed by atoms with Gasteiger partial charge in [-0.1, -0.05) is 0 Å². The van der Waals surface area contributed by atoms with E-state index >= 15 is 0 Å². The Bertz CT molecular complexity index is 993. The fraction of sp³-hybridized carbons (Fsp3) is 0.200. The number of nitrogens with zero attached hydrogens (tertiary/aromatic N) is 3. The van der Waals surface area contributed by atoms with E-state index in [0.717, 1.165) is 17.7 Å². The van der Waals surface area contributed by atoms with Crippen molar-refractivity contribution in [3.63, 3.8) is 0 Å². The van der Waals surface area contributed by atoms with Crippen LogP contribution in [-0.2, 0) is 9.59 Å². The van der Waals surface area contributed by atoms with Crippen LogP contribution in [0.25, 0.3) is 5.57 Å². The van der Waals surface area contributed by atoms with Crippen molar-refractivity contribution in [2.45, 2.75) is 12.8 Å². The van der Waals surface area contributed by atoms with Crippen LogP contribution in [0.15, 0.2) is 54.2 Å². The Morgan fingerprint density at radius 1 is 0.893 bits per heavy atom. The number of imide groups is 1. The van der Waals surface area contributed by atoms with E-state index in [0.29, 0.717) is 24.4 Å². The van der Waals surface area contributed by atoms with Crippen LogP contribution in [-0.4, -0.2) is 34.7 Å². The fourth-order valence-electron chi connectivity index (χ4n) is 3.59. The molecular weight excluding hydrogens is 365 g/mol. The van der Waals surface area contributed by atoms with Crippen molar-refractivity contribution in [3.8, 4) is 0 Å². The van der Waals surface area contributed by atoms with Crippen molar-refractivity contribution in [1.29, 1.82) is 0 Å². The van der Waals surface area contributed by atoms with Crippen LogP contribution in [0.3, 0.4) is 0 Å². The summed E-state index contributed by atoms with van der Waals surface area (Å²) >= 11 is 0. The Morgan fingerprint density at radius 3 is 2.07 bits per heavy atom. The third kappa shape index (κ3) is 2.92. The standard InChI is InChI=1S/C20H16FN3O4/c21-14-5-9-15(10-6-14)23-19(25)17(13-3-7-16(8-4-13)24(27)28)18(20(23)26)22-11-1-2-12-22/h3-10H,1-2,11-12H2. The molecule has 7 nitrogen and oxygen atoms in total. The van der Waals surface area contributed by atoms with E-state index in [-0.39, 0.29) is 16.9 Å². The molecule has 0 atom stereocenters. The first-order valence-corrected chi connectivity index (χ1v) is 8.86. The van der Waals surface area contributed by atoms with Crippen LogP contribution in [0.4, 0.5) is 15.8 Å². The summed E-state index contributed by atoms with van der Waals surface area (Å²) in [6, 6.07) is 10.7. The minimum Gasteiger partial charge on any atom is -0.366 e. The molecule has 1 saturated heterocycles. The van der Waals surface area contributed by atoms with Crippen molar-refractivity contribution in [1.82, 2.24) is 4.90 Å². The number of carbonyl (C=O) groups excluding carboxylic acids is 2. The summed E-state index contributed by atoms with van der Waals surface area (Å²) in [5.74, 6) is -1.45. The van der Waals surface area contributed by atoms with Gasteiger partial charge < -0.3 is 4.90 Å². The maximum Gasteiger partial charge on any atom is 0.282 e. The number of non-ortho nitro benzene ring substituents is 1. The van der Waals surface area contributed by atoms with Crippen LogP contribution in [0.5, 0.6) is 0 Å². The van der Waals surface area contributed by atoms with Gasteiger partial charge in [0.05, 0.1) is 16.2 Å². The number of carbonyl (C=O) groups is 2. The van der Waals surface area contributed by atoms with Crippen LogP contribution >= 0.6 is 0 Å². The minimum absolute atomic E-state index is 0.0979. The summed E-state index contributed by atoms with van der Waals surface area (Å²) < 4.78 is 13.3. The monoisotopic (exact) mass is 381 g/mol. The fourth-order valence-corrected chi connectivity index (χ4v) is 3.59. The van der Waals surface area contributed by atoms with Crippen molar-refractivity contribution in [3.05, 3.63) is 75.7 Å². The van der Waals surface area contributed by atoms with Crippen molar-refractivity contribution >= 4 is 28.8 Å². The van der Waals surface area contributed by atoms with Gasteiger partial charge in [0.2, 0.25) is 0 Å². The molecule has 8 heteroatoms. The zero-order chi connectivity index (χ0) is 19.8. The van der Waals surface area contributed by atoms with Crippen molar-refractivity contribution in [2.75, 3.05) is 18.0 Å². The van der Waals surface area contributed by atoms with Gasteiger partial charge in [-0.15, -0.1) is 0 Å². The molecule has 0 radical (unpaired) electrons. The summed E-state index contributed by atoms with van der Waals surface area (Å²) in [4.78, 5) is 39.6. The van der Waals surface area contributed by atoms with E-state index < -0.39 is 22.6 Å². The first-order chi connectivity index (χ1) is 13.5. The second kappa shape index (κ2) is 6.88. The molecule has 28 heavy (non-hydrogen) atoms. The molecule has 4 rings (SSSR count). The second-order valence-electron chi connectivity index (χ2n) is 6.64. The highest BCUT2D eigenvalue weighted by molar-refractivity contribution is 6.45. The van der Waals surface area contributed by atoms with Gasteiger partial charge in [-0.25, -0.2) is 9.29 Å². The average Bonchev–Trinajstić information content (AvgIpc) is 3.29. The normalized spacial score (nSPS) is 17.0. The maximum absolute atomic E-state index is 13.3. The van der Waals surface area contributed by atoms with Crippen LogP contribution < -0.4 is 4.90 Å². The van der Waals surface area contributed by atoms with E-state index in [1.807, 2.05) is 4.90 Å². The molecule has 142 valence electrons. The molecule has 2 amide bonds. The Labute approximate surface area is 159 Å². The van der Waals surface area contributed by atoms with Crippen LogP contribution in [0, 0.1) is 15.9 Å². The SMILES string of the molecule is O=C1C(c2ccc([N+](=O)[O-])cc2)=C(N2CCCC2)C(=O)N1c1ccc(F)cc1. The smallest absolute Gasteiger partial charge is 0.282 e. The Kier molecular flexibility index (Phi) is 4.38. The Morgan fingerprint density at radius 2 is 1.50 bits per heavy atom. The molecule has 0 N–H and O–H groups in total. The van der Waals surface area contributed by atoms with Gasteiger partial charge in [-0.05, 0) is 54.8 Å². The molecule has 0 aromatic heterocycles. The molecule has 0 aliphatic carbocycles. The number of likely N-dealkylation sites (tertiary alicyclic amines) is 1. The zero-order valence-electron chi connectivity index (χ0n) is 14.8. The van der Waals surface area contributed by atoms with Crippen LogP contribution in [0.2, 0.25) is 0 Å². The van der Waals surface area contributed by atoms with Gasteiger partial charge in [0.25, 0.3) is 17.5 Å². The molecule has 0 bridgehead atoms. The summed E-state index contributed by atoms with van der Waals surface area (Å²) in [7, 11) is 0. The third-order valence-corrected chi connectivity index (χ3v) is 4.93. The maximum atomic E-state index is 13.3. The van der Waals surface area contributed by atoms with E-state index in [9.17, 15) is 24.1 Å². The number of nitro benzene ring substituents is 1. The Balaban J connectivity index is 1.81. The highest BCUT2D eigenvalue weighted by atomic mass is 19.1. The highest BCUT2D eigenvalue weighted by Crippen LogP contribution is 2.36. The number of anilines is 1. The van der Waals surface area contributed by atoms with Gasteiger partial charge in [-0.3, -0.25) is 19.7 Å². The number of hydrogen-bond donors (Lipinski definition) is 0. The molecule has 2 aromatic rings. The van der Waals surface area contributed by atoms with Crippen molar-refractivity contribution < 1.29 is 18.9 Å². The lowest BCUT2D eigenvalue weighted by atomic mass is 10.0. The average molecular weight is 381 g/mol. The van der Waals surface area contributed by atoms with E-state index in [1.54, 1.807) is 0 Å². The number of nitro groups is 1. The number of hydrogen-bond acceptors (Lipinski definition) is 5. The number of rotatable bonds is 4. The van der Waals surface area contributed by atoms with Gasteiger partial charge in [0.1, 0.15) is 11.5 Å². The molecule has 0 unspecified atom stereocenters. The third-order valence-electron chi connectivity index (χ3n) is 4.93. The molecule has 0 spiro atoms. The van der Waals surface area contributed by atoms with Gasteiger partial charge in [0, 0.05) is 25.2 Å². The zero-order valence-corrected chi connectivity index (χ0v) is 14.8. The summed E-state index contributed by atoms with van der Waals surface area (Å²) in [5.41, 5.74) is 1.13. The molecule has 2 aromatic carbocycles. The van der Waals surface area contributed by atoms with Gasteiger partial charge in [0.15, 0.2) is 0 Å². The molecular formula is C20H16FN3O4. The first-order valence-electron chi connectivity index (χ1n) is 8.86. The molecule has 2 aliphatic heterocycles. The Hall–Kier alpha value is -3.55. The highest BCUT2D eigenvalue weighted by Gasteiger charge is 2.43. The number of amides is 2. The van der Waals surface area contributed by atoms with E-state index in [2.05, 4.69) is 0 Å². The van der Waals surface area contributed by atoms with E-state index in [1.165, 1.54) is 48.5 Å². The molecule has 2 aliphatic rings. The van der Waals surface area contributed by atoms with Gasteiger partial charge >= 0.3 is 0 Å². The van der Waals surface area contributed by atoms with E-state index in [4.69, 9.17) is 0 Å². The lowest BCUT2D eigenvalue weighted by Crippen LogP contribution is -2.34. The quantitative estimate of drug-likeness (QED) is 0.462. The summed E-state index contributed by atoms with van der Waals surface area (Å²) in [5, 5.41) is 10.9. The predicted octanol–water partition coefficient (Wildman–Crippen LogP) is 3.11. The summed E-state index contributed by atoms with van der Waals surface area (Å²) in [6.07, 6.45) is 1.82. The topological polar surface area (TPSA) is 83.8 Å². The number of halogens is 1. The lowest BCUT2D eigenvalue weighted by molar-refractivity contribution is -0.384. The van der Waals surface area contributed by atoms with Crippen LogP contribution in [0.1, 0.15) is 18.4 Å².